The lowest BCUT2D eigenvalue weighted by atomic mass is 9.70. The first-order valence-corrected chi connectivity index (χ1v) is 9.04. The maximum Gasteiger partial charge on any atom is 0.351 e. The third-order valence-electron chi connectivity index (χ3n) is 6.88. The van der Waals surface area contributed by atoms with E-state index in [1.165, 1.54) is 12.5 Å². The molecule has 132 valence electrons. The van der Waals surface area contributed by atoms with Gasteiger partial charge in [0.25, 0.3) is 0 Å². The highest BCUT2D eigenvalue weighted by Gasteiger charge is 2.62. The Labute approximate surface area is 151 Å². The van der Waals surface area contributed by atoms with E-state index in [9.17, 15) is 9.59 Å². The molecule has 1 aromatic heterocycles. The zero-order valence-electron chi connectivity index (χ0n) is 14.6. The first kappa shape index (κ1) is 16.6. The molecule has 5 heteroatoms. The standard InChI is InChI=1S/C20H21ClO4/c1-19(2)12-6-7-20(19,3)16(10-12)25-18(23)14-9-11-8-13(21)4-5-15(11)24-17(14)22/h4-5,8-9,12,16H,6-7,10H2,1-3H3/t12-,16+,20+/m1/s1. The van der Waals surface area contributed by atoms with E-state index in [-0.39, 0.29) is 22.5 Å². The summed E-state index contributed by atoms with van der Waals surface area (Å²) in [6.45, 7) is 6.70. The molecule has 2 saturated carbocycles. The summed E-state index contributed by atoms with van der Waals surface area (Å²) in [5, 5.41) is 1.13. The molecule has 3 atom stereocenters. The van der Waals surface area contributed by atoms with Crippen molar-refractivity contribution < 1.29 is 13.9 Å². The topological polar surface area (TPSA) is 56.5 Å². The van der Waals surface area contributed by atoms with Gasteiger partial charge in [0.2, 0.25) is 0 Å². The van der Waals surface area contributed by atoms with Crippen molar-refractivity contribution in [3.05, 3.63) is 45.3 Å². The molecule has 25 heavy (non-hydrogen) atoms. The Morgan fingerprint density at radius 2 is 2.04 bits per heavy atom. The van der Waals surface area contributed by atoms with Crippen molar-refractivity contribution in [1.82, 2.24) is 0 Å². The Morgan fingerprint density at radius 1 is 1.28 bits per heavy atom. The minimum atomic E-state index is -0.674. The predicted molar refractivity (Wildman–Crippen MR) is 95.9 cm³/mol. The summed E-state index contributed by atoms with van der Waals surface area (Å²) in [6.07, 6.45) is 2.92. The highest BCUT2D eigenvalue weighted by Crippen LogP contribution is 2.66. The first-order chi connectivity index (χ1) is 11.7. The van der Waals surface area contributed by atoms with E-state index in [2.05, 4.69) is 20.8 Å². The van der Waals surface area contributed by atoms with Gasteiger partial charge in [-0.2, -0.15) is 0 Å². The van der Waals surface area contributed by atoms with Crippen LogP contribution in [0.25, 0.3) is 11.0 Å². The molecule has 2 bridgehead atoms. The van der Waals surface area contributed by atoms with Crippen LogP contribution < -0.4 is 5.63 Å². The normalized spacial score (nSPS) is 29.9. The summed E-state index contributed by atoms with van der Waals surface area (Å²) in [4.78, 5) is 24.9. The van der Waals surface area contributed by atoms with Gasteiger partial charge in [-0.3, -0.25) is 0 Å². The number of rotatable bonds is 2. The molecule has 4 rings (SSSR count). The van der Waals surface area contributed by atoms with Gasteiger partial charge in [0.1, 0.15) is 17.3 Å². The quantitative estimate of drug-likeness (QED) is 0.569. The second-order valence-corrected chi connectivity index (χ2v) is 8.57. The Balaban J connectivity index is 1.65. The highest BCUT2D eigenvalue weighted by molar-refractivity contribution is 6.31. The molecule has 2 aromatic rings. The van der Waals surface area contributed by atoms with Crippen LogP contribution in [0.3, 0.4) is 0 Å². The summed E-state index contributed by atoms with van der Waals surface area (Å²) in [7, 11) is 0. The van der Waals surface area contributed by atoms with Crippen LogP contribution in [0.5, 0.6) is 0 Å². The van der Waals surface area contributed by atoms with Crippen LogP contribution in [0.2, 0.25) is 5.02 Å². The fraction of sp³-hybridized carbons (Fsp3) is 0.500. The van der Waals surface area contributed by atoms with Crippen molar-refractivity contribution in [3.63, 3.8) is 0 Å². The number of esters is 1. The van der Waals surface area contributed by atoms with E-state index in [1.54, 1.807) is 18.2 Å². The third kappa shape index (κ3) is 2.34. The van der Waals surface area contributed by atoms with Crippen molar-refractivity contribution in [2.24, 2.45) is 16.7 Å². The number of fused-ring (bicyclic) bond motifs is 3. The molecule has 1 aromatic carbocycles. The molecule has 0 unspecified atom stereocenters. The van der Waals surface area contributed by atoms with E-state index in [1.807, 2.05) is 0 Å². The van der Waals surface area contributed by atoms with Gasteiger partial charge in [-0.05, 0) is 54.9 Å². The SMILES string of the molecule is CC1(C)[C@@H]2CC[C@@]1(C)[C@@H](OC(=O)c1cc3cc(Cl)ccc3oc1=O)C2. The minimum Gasteiger partial charge on any atom is -0.458 e. The van der Waals surface area contributed by atoms with Crippen LogP contribution in [-0.4, -0.2) is 12.1 Å². The van der Waals surface area contributed by atoms with Crippen LogP contribution in [0, 0.1) is 16.7 Å². The third-order valence-corrected chi connectivity index (χ3v) is 7.11. The second-order valence-electron chi connectivity index (χ2n) is 8.13. The Kier molecular flexibility index (Phi) is 3.56. The summed E-state index contributed by atoms with van der Waals surface area (Å²) in [5.41, 5.74) is -0.252. The lowest BCUT2D eigenvalue weighted by molar-refractivity contribution is -0.0245. The summed E-state index contributed by atoms with van der Waals surface area (Å²) in [6, 6.07) is 6.44. The summed E-state index contributed by atoms with van der Waals surface area (Å²) >= 11 is 5.98. The maximum atomic E-state index is 12.7. The minimum absolute atomic E-state index is 0.0479. The molecular formula is C20H21ClO4. The van der Waals surface area contributed by atoms with Gasteiger partial charge in [-0.25, -0.2) is 9.59 Å². The smallest absolute Gasteiger partial charge is 0.351 e. The van der Waals surface area contributed by atoms with Gasteiger partial charge in [0.05, 0.1) is 0 Å². The zero-order chi connectivity index (χ0) is 18.0. The molecule has 0 saturated heterocycles. The van der Waals surface area contributed by atoms with Crippen LogP contribution in [0.4, 0.5) is 0 Å². The van der Waals surface area contributed by atoms with Gasteiger partial charge in [0, 0.05) is 15.8 Å². The largest absolute Gasteiger partial charge is 0.458 e. The number of benzene rings is 1. The molecule has 2 aliphatic carbocycles. The number of hydrogen-bond donors (Lipinski definition) is 0. The molecule has 1 heterocycles. The fourth-order valence-electron chi connectivity index (χ4n) is 4.74. The summed E-state index contributed by atoms with van der Waals surface area (Å²) in [5.74, 6) is -0.0488. The van der Waals surface area contributed by atoms with Crippen molar-refractivity contribution in [2.75, 3.05) is 0 Å². The molecule has 0 aliphatic heterocycles. The van der Waals surface area contributed by atoms with Gasteiger partial charge >= 0.3 is 11.6 Å². The molecular weight excluding hydrogens is 340 g/mol. The van der Waals surface area contributed by atoms with E-state index >= 15 is 0 Å². The Hall–Kier alpha value is -1.81. The van der Waals surface area contributed by atoms with E-state index in [4.69, 9.17) is 20.8 Å². The van der Waals surface area contributed by atoms with Gasteiger partial charge in [-0.15, -0.1) is 0 Å². The average molecular weight is 361 g/mol. The van der Waals surface area contributed by atoms with E-state index in [0.29, 0.717) is 21.9 Å². The predicted octanol–water partition coefficient (Wildman–Crippen LogP) is 4.82. The Bertz CT molecular complexity index is 929. The zero-order valence-corrected chi connectivity index (χ0v) is 15.4. The number of carbonyl (C=O) groups is 1. The number of halogens is 1. The molecule has 0 amide bonds. The van der Waals surface area contributed by atoms with Crippen molar-refractivity contribution >= 4 is 28.5 Å². The average Bonchev–Trinajstić information content (AvgIpc) is 2.88. The highest BCUT2D eigenvalue weighted by atomic mass is 35.5. The van der Waals surface area contributed by atoms with Gasteiger partial charge in [0.15, 0.2) is 0 Å². The lowest BCUT2D eigenvalue weighted by Gasteiger charge is -2.38. The van der Waals surface area contributed by atoms with Gasteiger partial charge in [-0.1, -0.05) is 32.4 Å². The number of ether oxygens (including phenoxy) is 1. The molecule has 4 nitrogen and oxygen atoms in total. The van der Waals surface area contributed by atoms with Gasteiger partial charge < -0.3 is 9.15 Å². The number of carbonyl (C=O) groups excluding carboxylic acids is 1. The lowest BCUT2D eigenvalue weighted by Crippen LogP contribution is -2.38. The first-order valence-electron chi connectivity index (χ1n) is 8.67. The van der Waals surface area contributed by atoms with Crippen molar-refractivity contribution in [1.29, 1.82) is 0 Å². The molecule has 0 spiro atoms. The van der Waals surface area contributed by atoms with Crippen LogP contribution in [0.1, 0.15) is 50.4 Å². The van der Waals surface area contributed by atoms with E-state index < -0.39 is 11.6 Å². The van der Waals surface area contributed by atoms with Crippen LogP contribution >= 0.6 is 11.6 Å². The molecule has 2 aliphatic rings. The Morgan fingerprint density at radius 3 is 2.68 bits per heavy atom. The maximum absolute atomic E-state index is 12.7. The van der Waals surface area contributed by atoms with Crippen molar-refractivity contribution in [3.8, 4) is 0 Å². The molecule has 0 radical (unpaired) electrons. The van der Waals surface area contributed by atoms with Crippen LogP contribution in [0.15, 0.2) is 33.5 Å². The summed E-state index contributed by atoms with van der Waals surface area (Å²) < 4.78 is 11.0. The van der Waals surface area contributed by atoms with Crippen LogP contribution in [-0.2, 0) is 4.74 Å². The molecule has 0 N–H and O–H groups in total. The monoisotopic (exact) mass is 360 g/mol. The molecule has 2 fully saturated rings. The second kappa shape index (κ2) is 5.34. The van der Waals surface area contributed by atoms with E-state index in [0.717, 1.165) is 12.8 Å². The fourth-order valence-corrected chi connectivity index (χ4v) is 4.92. The number of hydrogen-bond acceptors (Lipinski definition) is 4. The van der Waals surface area contributed by atoms with Crippen molar-refractivity contribution in [2.45, 2.75) is 46.1 Å².